The highest BCUT2D eigenvalue weighted by Crippen LogP contribution is 2.36. The number of hydrogen-bond donors (Lipinski definition) is 2. The number of aromatic hydroxyl groups is 1. The summed E-state index contributed by atoms with van der Waals surface area (Å²) in [6.45, 7) is 1.69. The quantitative estimate of drug-likeness (QED) is 0.619. The highest BCUT2D eigenvalue weighted by atomic mass is 35.5. The third-order valence-corrected chi connectivity index (χ3v) is 4.31. The molecule has 1 amide bonds. The zero-order chi connectivity index (χ0) is 19.2. The summed E-state index contributed by atoms with van der Waals surface area (Å²) in [5.74, 6) is 0.275. The average Bonchev–Trinajstić information content (AvgIpc) is 2.70. The van der Waals surface area contributed by atoms with Gasteiger partial charge in [0, 0.05) is 17.1 Å². The summed E-state index contributed by atoms with van der Waals surface area (Å²) in [6.07, 6.45) is 5.14. The van der Waals surface area contributed by atoms with Crippen molar-refractivity contribution in [1.82, 2.24) is 10.3 Å². The number of benzene rings is 2. The maximum absolute atomic E-state index is 12.3. The highest BCUT2D eigenvalue weighted by molar-refractivity contribution is 6.35. The van der Waals surface area contributed by atoms with Crippen LogP contribution in [0.25, 0.3) is 10.9 Å². The van der Waals surface area contributed by atoms with Crippen LogP contribution in [0.2, 0.25) is 5.02 Å². The molecule has 1 heterocycles. The topological polar surface area (TPSA) is 71.5 Å². The van der Waals surface area contributed by atoms with Crippen molar-refractivity contribution in [3.05, 3.63) is 77.5 Å². The number of carbonyl (C=O) groups is 1. The normalized spacial score (nSPS) is 12.2. The zero-order valence-corrected chi connectivity index (χ0v) is 15.5. The Hall–Kier alpha value is -3.05. The number of nitrogens with zero attached hydrogens (tertiary/aromatic N) is 1. The molecule has 1 atom stereocenters. The summed E-state index contributed by atoms with van der Waals surface area (Å²) in [7, 11) is 0. The van der Waals surface area contributed by atoms with Crippen molar-refractivity contribution in [2.75, 3.05) is 6.61 Å². The van der Waals surface area contributed by atoms with Crippen LogP contribution in [-0.4, -0.2) is 22.6 Å². The van der Waals surface area contributed by atoms with E-state index in [0.717, 1.165) is 0 Å². The molecule has 0 spiro atoms. The first-order valence-corrected chi connectivity index (χ1v) is 8.84. The minimum Gasteiger partial charge on any atom is -0.505 e. The Morgan fingerprint density at radius 1 is 1.30 bits per heavy atom. The Bertz CT molecular complexity index is 974. The number of phenolic OH excluding ortho intramolecular Hbond substituents is 1. The zero-order valence-electron chi connectivity index (χ0n) is 14.7. The first-order chi connectivity index (χ1) is 13.1. The fraction of sp³-hybridized carbons (Fsp3) is 0.143. The maximum Gasteiger partial charge on any atom is 0.258 e. The van der Waals surface area contributed by atoms with Crippen LogP contribution in [0.5, 0.6) is 11.5 Å². The molecule has 1 aromatic heterocycles. The molecule has 0 fully saturated rings. The van der Waals surface area contributed by atoms with Crippen LogP contribution in [0.15, 0.2) is 66.9 Å². The number of allylic oxidation sites excluding steroid dienone is 1. The monoisotopic (exact) mass is 382 g/mol. The summed E-state index contributed by atoms with van der Waals surface area (Å²) in [5.41, 5.74) is 0.863. The van der Waals surface area contributed by atoms with Gasteiger partial charge in [-0.15, -0.1) is 0 Å². The molecule has 0 saturated heterocycles. The Morgan fingerprint density at radius 3 is 2.81 bits per heavy atom. The number of hydrogen-bond acceptors (Lipinski definition) is 4. The fourth-order valence-electron chi connectivity index (χ4n) is 2.75. The lowest BCUT2D eigenvalue weighted by Crippen LogP contribution is -2.31. The van der Waals surface area contributed by atoms with Crippen molar-refractivity contribution in [3.8, 4) is 11.5 Å². The lowest BCUT2D eigenvalue weighted by Gasteiger charge is -2.18. The third kappa shape index (κ3) is 4.38. The van der Waals surface area contributed by atoms with E-state index in [2.05, 4.69) is 10.3 Å². The number of para-hydroxylation sites is 1. The number of ether oxygens (including phenoxy) is 1. The van der Waals surface area contributed by atoms with Crippen molar-refractivity contribution >= 4 is 28.4 Å². The standard InChI is InChI=1S/C21H19ClN2O3/c1-2-7-18(24-19(25)13-27-14-8-4-3-5-9-14)16-12-17(22)15-10-6-11-23-20(15)21(16)26/h2-12,18,26H,13H2,1H3,(H,24,25). The fourth-order valence-corrected chi connectivity index (χ4v) is 3.02. The number of aromatic nitrogens is 1. The van der Waals surface area contributed by atoms with Crippen LogP contribution in [0.4, 0.5) is 0 Å². The first-order valence-electron chi connectivity index (χ1n) is 8.46. The van der Waals surface area contributed by atoms with Gasteiger partial charge in [-0.3, -0.25) is 9.78 Å². The van der Waals surface area contributed by atoms with Gasteiger partial charge in [0.25, 0.3) is 5.91 Å². The molecule has 0 aliphatic heterocycles. The molecule has 27 heavy (non-hydrogen) atoms. The molecule has 0 radical (unpaired) electrons. The molecular formula is C21H19ClN2O3. The van der Waals surface area contributed by atoms with Crippen LogP contribution in [-0.2, 0) is 4.79 Å². The molecule has 0 saturated carbocycles. The van der Waals surface area contributed by atoms with Crippen molar-refractivity contribution in [2.45, 2.75) is 13.0 Å². The molecular weight excluding hydrogens is 364 g/mol. The Kier molecular flexibility index (Phi) is 5.94. The molecule has 5 nitrogen and oxygen atoms in total. The van der Waals surface area contributed by atoms with Crippen LogP contribution in [0.3, 0.4) is 0 Å². The maximum atomic E-state index is 12.3. The van der Waals surface area contributed by atoms with Gasteiger partial charge in [0.05, 0.1) is 11.1 Å². The van der Waals surface area contributed by atoms with E-state index in [1.54, 1.807) is 48.7 Å². The molecule has 0 bridgehead atoms. The lowest BCUT2D eigenvalue weighted by atomic mass is 10.0. The minimum atomic E-state index is -0.564. The Morgan fingerprint density at radius 2 is 2.07 bits per heavy atom. The van der Waals surface area contributed by atoms with E-state index in [0.29, 0.717) is 27.2 Å². The van der Waals surface area contributed by atoms with Gasteiger partial charge in [0.15, 0.2) is 6.61 Å². The summed E-state index contributed by atoms with van der Waals surface area (Å²) in [4.78, 5) is 16.5. The number of nitrogens with one attached hydrogen (secondary N) is 1. The summed E-state index contributed by atoms with van der Waals surface area (Å²) < 4.78 is 5.47. The molecule has 2 N–H and O–H groups in total. The number of phenols is 1. The second-order valence-electron chi connectivity index (χ2n) is 5.87. The smallest absolute Gasteiger partial charge is 0.258 e. The molecule has 0 aliphatic carbocycles. The van der Waals surface area contributed by atoms with Gasteiger partial charge >= 0.3 is 0 Å². The highest BCUT2D eigenvalue weighted by Gasteiger charge is 2.19. The molecule has 0 aliphatic rings. The van der Waals surface area contributed by atoms with Gasteiger partial charge in [-0.05, 0) is 37.3 Å². The van der Waals surface area contributed by atoms with E-state index in [4.69, 9.17) is 16.3 Å². The lowest BCUT2D eigenvalue weighted by molar-refractivity contribution is -0.123. The predicted molar refractivity (Wildman–Crippen MR) is 106 cm³/mol. The van der Waals surface area contributed by atoms with Gasteiger partial charge in [0.2, 0.25) is 0 Å². The number of rotatable bonds is 6. The third-order valence-electron chi connectivity index (χ3n) is 3.99. The molecule has 3 rings (SSSR count). The van der Waals surface area contributed by atoms with Gasteiger partial charge < -0.3 is 15.2 Å². The summed E-state index contributed by atoms with van der Waals surface area (Å²) >= 11 is 6.34. The van der Waals surface area contributed by atoms with E-state index in [1.807, 2.05) is 25.1 Å². The van der Waals surface area contributed by atoms with Crippen molar-refractivity contribution < 1.29 is 14.6 Å². The van der Waals surface area contributed by atoms with Gasteiger partial charge in [0.1, 0.15) is 17.0 Å². The number of fused-ring (bicyclic) bond motifs is 1. The second-order valence-corrected chi connectivity index (χ2v) is 6.28. The van der Waals surface area contributed by atoms with E-state index in [9.17, 15) is 9.90 Å². The summed E-state index contributed by atoms with van der Waals surface area (Å²) in [6, 6.07) is 13.7. The van der Waals surface area contributed by atoms with Crippen molar-refractivity contribution in [3.63, 3.8) is 0 Å². The number of halogens is 1. The minimum absolute atomic E-state index is 0.0117. The number of carbonyl (C=O) groups excluding carboxylic acids is 1. The average molecular weight is 383 g/mol. The van der Waals surface area contributed by atoms with Gasteiger partial charge in [-0.1, -0.05) is 42.0 Å². The van der Waals surface area contributed by atoms with Crippen LogP contribution in [0, 0.1) is 0 Å². The molecule has 1 unspecified atom stereocenters. The molecule has 3 aromatic rings. The van der Waals surface area contributed by atoms with Crippen LogP contribution in [0.1, 0.15) is 18.5 Å². The van der Waals surface area contributed by atoms with E-state index >= 15 is 0 Å². The van der Waals surface area contributed by atoms with Gasteiger partial charge in [-0.25, -0.2) is 0 Å². The van der Waals surface area contributed by atoms with Crippen LogP contribution >= 0.6 is 11.6 Å². The molecule has 2 aromatic carbocycles. The van der Waals surface area contributed by atoms with Crippen LogP contribution < -0.4 is 10.1 Å². The largest absolute Gasteiger partial charge is 0.505 e. The van der Waals surface area contributed by atoms with Crippen molar-refractivity contribution in [1.29, 1.82) is 0 Å². The summed E-state index contributed by atoms with van der Waals surface area (Å²) in [5, 5.41) is 14.6. The second kappa shape index (κ2) is 8.56. The van der Waals surface area contributed by atoms with E-state index in [1.165, 1.54) is 0 Å². The van der Waals surface area contributed by atoms with E-state index in [-0.39, 0.29) is 18.3 Å². The number of amides is 1. The SMILES string of the molecule is CC=CC(NC(=O)COc1ccccc1)c1cc(Cl)c2cccnc2c1O. The molecule has 6 heteroatoms. The predicted octanol–water partition coefficient (Wildman–Crippen LogP) is 4.41. The Labute approximate surface area is 162 Å². The molecule has 138 valence electrons. The first kappa shape index (κ1) is 18.7. The Balaban J connectivity index is 1.82. The van der Waals surface area contributed by atoms with Crippen molar-refractivity contribution in [2.24, 2.45) is 0 Å². The van der Waals surface area contributed by atoms with E-state index < -0.39 is 6.04 Å². The van der Waals surface area contributed by atoms with Gasteiger partial charge in [-0.2, -0.15) is 0 Å². The number of pyridine rings is 1.